The minimum atomic E-state index is -2.23. The number of alkyl halides is 3. The van der Waals surface area contributed by atoms with Crippen molar-refractivity contribution in [2.45, 2.75) is 120 Å². The number of hydrogen-bond acceptors (Lipinski definition) is 10. The van der Waals surface area contributed by atoms with Crippen LogP contribution in [0.3, 0.4) is 0 Å². The van der Waals surface area contributed by atoms with Gasteiger partial charge in [0.25, 0.3) is 11.4 Å². The lowest BCUT2D eigenvalue weighted by Gasteiger charge is -2.44. The molecule has 0 spiro atoms. The zero-order valence-corrected chi connectivity index (χ0v) is 86.4. The molecule has 0 aliphatic carbocycles. The lowest BCUT2D eigenvalue weighted by Crippen LogP contribution is -3.00. The standard InChI is InChI=1S/2C19H22N2Si.2C16H19ClSi.2C13H10N2O3.2C3H4N2.CHCl3.3ClH/c2*1-19(2,3)22(21-15-14-20-16-21,17-10-6-4-7-11-17)18-12-8-5-9-13-18;2*1-16(2,3)18(17,14-10-6-4-7-11-14)15-12-8-5-9-13-15;2*16-9-12-8-13(15(17)18)2-1-11(12)7-10-3-5-14-6-4-10;2*1-2-5-3-4-1;2-1(3)4;;;/h2*4-16H,1-3H3;2*4-13H,1-3H3;2*1-6,8-9H,7H2;2*1-3H,(H,4,5);1H;3*1H. The number of pyridine rings is 2. The van der Waals surface area contributed by atoms with E-state index in [1.54, 1.807) is 74.4 Å². The van der Waals surface area contributed by atoms with Crippen LogP contribution in [0.2, 0.25) is 20.2 Å². The van der Waals surface area contributed by atoms with Gasteiger partial charge in [-0.15, -0.1) is 12.4 Å². The summed E-state index contributed by atoms with van der Waals surface area (Å²) in [6.07, 6.45) is 31.8. The van der Waals surface area contributed by atoms with E-state index in [1.807, 2.05) is 67.3 Å². The molecule has 0 fully saturated rings. The summed E-state index contributed by atoms with van der Waals surface area (Å²) in [5.74, 6) is 0. The molecule has 0 saturated carbocycles. The molecule has 133 heavy (non-hydrogen) atoms. The van der Waals surface area contributed by atoms with Gasteiger partial charge < -0.3 is 39.0 Å². The molecule has 0 aliphatic rings. The quantitative estimate of drug-likeness (QED) is 0.0183. The maximum Gasteiger partial charge on any atom is 0.335 e. The summed E-state index contributed by atoms with van der Waals surface area (Å²) in [4.78, 5) is 69.4. The van der Waals surface area contributed by atoms with Crippen LogP contribution in [0.1, 0.15) is 126 Å². The van der Waals surface area contributed by atoms with Gasteiger partial charge in [0.1, 0.15) is 12.4 Å². The van der Waals surface area contributed by atoms with E-state index in [2.05, 4.69) is 369 Å². The van der Waals surface area contributed by atoms with E-state index in [0.717, 1.165) is 22.3 Å². The number of imidazole rings is 4. The highest BCUT2D eigenvalue weighted by atomic mass is 35.6. The molecule has 30 heteroatoms. The molecule has 6 aromatic heterocycles. The maximum absolute atomic E-state index is 11.0. The van der Waals surface area contributed by atoms with Crippen molar-refractivity contribution in [1.29, 1.82) is 0 Å². The Labute approximate surface area is 828 Å². The molecule has 0 unspecified atom stereocenters. The minimum Gasteiger partial charge on any atom is -1.00 e. The van der Waals surface area contributed by atoms with Crippen molar-refractivity contribution in [2.75, 3.05) is 0 Å². The number of halogens is 8. The number of nitrogens with zero attached hydrogens (tertiary/aromatic N) is 8. The maximum atomic E-state index is 11.0. The fourth-order valence-electron chi connectivity index (χ4n) is 15.7. The lowest BCUT2D eigenvalue weighted by atomic mass is 10.0. The number of aromatic amines is 4. The number of aromatic nitrogens is 10. The number of benzene rings is 10. The number of rotatable bonds is 18. The van der Waals surface area contributed by atoms with Gasteiger partial charge in [0.15, 0.2) is 29.3 Å². The first kappa shape index (κ1) is 112. The van der Waals surface area contributed by atoms with Crippen LogP contribution in [0.25, 0.3) is 0 Å². The molecule has 694 valence electrons. The topological polar surface area (TPSA) is 242 Å². The fourth-order valence-corrected chi connectivity index (χ4v) is 34.6. The predicted molar refractivity (Wildman–Crippen MR) is 552 cm³/mol. The Morgan fingerprint density at radius 2 is 0.729 bits per heavy atom. The number of nitro benzene ring substituents is 2. The van der Waals surface area contributed by atoms with Crippen molar-refractivity contribution in [3.05, 3.63) is 457 Å². The van der Waals surface area contributed by atoms with Crippen LogP contribution in [-0.2, 0) is 12.8 Å². The Bertz CT molecular complexity index is 5360. The molecular weight excluding hydrogens is 1900 g/mol. The first-order valence-corrected chi connectivity index (χ1v) is 53.3. The average molecular weight is 2010 g/mol. The van der Waals surface area contributed by atoms with Crippen LogP contribution in [0.15, 0.2) is 403 Å². The molecule has 10 aromatic carbocycles. The van der Waals surface area contributed by atoms with Crippen LogP contribution in [0.4, 0.5) is 11.4 Å². The third-order valence-electron chi connectivity index (χ3n) is 21.6. The van der Waals surface area contributed by atoms with Gasteiger partial charge in [-0.1, -0.05) is 373 Å². The highest BCUT2D eigenvalue weighted by molar-refractivity contribution is 7.36. The van der Waals surface area contributed by atoms with Gasteiger partial charge in [-0.3, -0.25) is 44.0 Å². The SMILES string of the molecule is CC(C)(C)[Si](Cl)(c1ccccc1)c1ccccc1.CC(C)(C)[Si](Cl)(c1ccccc1)c1ccccc1.CC(C)(C)[Si](c1ccccc1)(c1ccccc1)[n+]1cc[nH]c1.CC(C)(C)[Si](c1ccccc1)(c1ccccc1)n1ccnc1.Cl.ClC(Cl)Cl.O=Cc1cc([N+](=O)[O-])ccc1Cc1cc[nH+]cc1.O=Cc1cc([N+](=O)[O-])ccc1Cc1ccncc1.[Cl-].[Cl-].c1c[nH]cn1.c1c[nH]cn1. The smallest absolute Gasteiger partial charge is 0.335 e. The molecule has 0 bridgehead atoms. The van der Waals surface area contributed by atoms with Gasteiger partial charge in [0.2, 0.25) is 29.3 Å². The second-order valence-electron chi connectivity index (χ2n) is 34.1. The highest BCUT2D eigenvalue weighted by Gasteiger charge is 2.56. The zero-order chi connectivity index (χ0) is 94.3. The molecule has 6 heterocycles. The van der Waals surface area contributed by atoms with E-state index < -0.39 is 45.4 Å². The van der Waals surface area contributed by atoms with Crippen LogP contribution < -0.4 is 75.5 Å². The van der Waals surface area contributed by atoms with Crippen molar-refractivity contribution in [1.82, 2.24) is 39.1 Å². The van der Waals surface area contributed by atoms with Crippen LogP contribution >= 0.6 is 69.4 Å². The van der Waals surface area contributed by atoms with E-state index >= 15 is 0 Å². The van der Waals surface area contributed by atoms with Gasteiger partial charge in [-0.2, -0.15) is 22.2 Å². The number of non-ortho nitro benzene ring substituents is 2. The second-order valence-corrected chi connectivity index (χ2v) is 56.6. The Kier molecular flexibility index (Phi) is 46.2. The molecule has 0 atom stereocenters. The summed E-state index contributed by atoms with van der Waals surface area (Å²) in [5, 5.41) is 32.4. The molecule has 0 amide bonds. The summed E-state index contributed by atoms with van der Waals surface area (Å²) in [5.41, 5.74) is 4.15. The Morgan fingerprint density at radius 1 is 0.406 bits per heavy atom. The fraction of sp³-hybridized carbons (Fsp3) is 0.184. The number of carbonyl (C=O) groups excluding carboxylic acids is 2. The summed E-state index contributed by atoms with van der Waals surface area (Å²) < 4.78 is 4.05. The number of H-pyrrole nitrogens is 4. The van der Waals surface area contributed by atoms with Crippen LogP contribution in [0.5, 0.6) is 0 Å². The number of nitrogens with one attached hydrogen (secondary N) is 4. The van der Waals surface area contributed by atoms with E-state index in [-0.39, 0.29) is 68.7 Å². The number of carbonyl (C=O) groups is 2. The van der Waals surface area contributed by atoms with Crippen LogP contribution in [0, 0.1) is 20.2 Å². The number of nitro groups is 2. The zero-order valence-electron chi connectivity index (χ0n) is 76.3. The Balaban J connectivity index is 0.000000273. The average Bonchev–Trinajstić information content (AvgIpc) is 1.72. The van der Waals surface area contributed by atoms with Crippen molar-refractivity contribution >= 4 is 166 Å². The van der Waals surface area contributed by atoms with Gasteiger partial charge in [0.05, 0.1) is 28.8 Å². The first-order chi connectivity index (χ1) is 62.2. The number of aldehydes is 2. The van der Waals surface area contributed by atoms with Gasteiger partial charge in [0, 0.05) is 102 Å². The van der Waals surface area contributed by atoms with Crippen molar-refractivity contribution in [2.24, 2.45) is 0 Å². The largest absolute Gasteiger partial charge is 1.00 e. The Hall–Kier alpha value is -11.3. The van der Waals surface area contributed by atoms with E-state index in [1.165, 1.54) is 65.8 Å². The number of hydrogen-bond donors (Lipinski definition) is 3. The summed E-state index contributed by atoms with van der Waals surface area (Å²) in [7, 11) is -8.87. The highest BCUT2D eigenvalue weighted by Crippen LogP contribution is 2.41. The molecule has 16 rings (SSSR count). The van der Waals surface area contributed by atoms with Crippen molar-refractivity contribution < 1.29 is 53.5 Å². The summed E-state index contributed by atoms with van der Waals surface area (Å²) >= 11 is 28.8. The molecule has 4 N–H and O–H groups in total. The molecular formula is C103H114Cl8N12O6Si4. The van der Waals surface area contributed by atoms with E-state index in [0.29, 0.717) is 36.5 Å². The van der Waals surface area contributed by atoms with E-state index in [9.17, 15) is 29.8 Å². The van der Waals surface area contributed by atoms with Gasteiger partial charge >= 0.3 is 8.24 Å². The second kappa shape index (κ2) is 54.7. The first-order valence-electron chi connectivity index (χ1n) is 42.1. The van der Waals surface area contributed by atoms with Crippen LogP contribution in [-0.4, -0.2) is 97.1 Å². The molecule has 0 aliphatic heterocycles. The third kappa shape index (κ3) is 30.9. The molecule has 0 saturated heterocycles. The predicted octanol–water partition coefficient (Wildman–Crippen LogP) is 15.0. The molecule has 18 nitrogen and oxygen atoms in total. The van der Waals surface area contributed by atoms with E-state index in [4.69, 9.17) is 57.0 Å². The summed E-state index contributed by atoms with van der Waals surface area (Å²) in [6.45, 7) is 27.6. The summed E-state index contributed by atoms with van der Waals surface area (Å²) in [6, 6.07) is 102. The van der Waals surface area contributed by atoms with Gasteiger partial charge in [-0.05, 0) is 104 Å². The van der Waals surface area contributed by atoms with Crippen molar-refractivity contribution in [3.8, 4) is 0 Å². The normalized spacial score (nSPS) is 11.0. The minimum absolute atomic E-state index is 0. The molecule has 16 aromatic rings. The van der Waals surface area contributed by atoms with Gasteiger partial charge in [-0.25, -0.2) is 19.9 Å². The third-order valence-corrected chi connectivity index (χ3v) is 47.4. The van der Waals surface area contributed by atoms with Crippen molar-refractivity contribution in [3.63, 3.8) is 0 Å². The monoisotopic (exact) mass is 2010 g/mol. The lowest BCUT2D eigenvalue weighted by molar-refractivity contribution is -0.543. The molecule has 0 radical (unpaired) electrons. The Morgan fingerprint density at radius 3 is 0.977 bits per heavy atom.